The maximum absolute atomic E-state index is 12.1. The highest BCUT2D eigenvalue weighted by atomic mass is 35.5. The van der Waals surface area contributed by atoms with Gasteiger partial charge < -0.3 is 4.90 Å². The van der Waals surface area contributed by atoms with Crippen molar-refractivity contribution in [2.75, 3.05) is 19.3 Å². The first kappa shape index (κ1) is 15.9. The zero-order valence-corrected chi connectivity index (χ0v) is 13.4. The molecule has 110 valence electrons. The Hall–Kier alpha value is -1.52. The minimum atomic E-state index is 0.117. The van der Waals surface area contributed by atoms with Gasteiger partial charge in [-0.2, -0.15) is 0 Å². The smallest absolute Gasteiger partial charge is 0.232 e. The van der Waals surface area contributed by atoms with Crippen molar-refractivity contribution in [3.63, 3.8) is 0 Å². The number of pyridine rings is 1. The van der Waals surface area contributed by atoms with Gasteiger partial charge in [-0.1, -0.05) is 17.7 Å². The van der Waals surface area contributed by atoms with Crippen LogP contribution < -0.4 is 0 Å². The summed E-state index contributed by atoms with van der Waals surface area (Å²) >= 11 is 7.36. The van der Waals surface area contributed by atoms with E-state index >= 15 is 0 Å². The molecule has 2 rings (SSSR count). The van der Waals surface area contributed by atoms with Gasteiger partial charge in [0.1, 0.15) is 0 Å². The number of aromatic nitrogens is 1. The van der Waals surface area contributed by atoms with Crippen molar-refractivity contribution < 1.29 is 4.79 Å². The van der Waals surface area contributed by atoms with Gasteiger partial charge in [0.05, 0.1) is 5.75 Å². The topological polar surface area (TPSA) is 33.2 Å². The van der Waals surface area contributed by atoms with E-state index in [-0.39, 0.29) is 5.91 Å². The first-order chi connectivity index (χ1) is 10.1. The van der Waals surface area contributed by atoms with E-state index in [1.807, 2.05) is 49.5 Å². The fourth-order valence-corrected chi connectivity index (χ4v) is 2.70. The van der Waals surface area contributed by atoms with Crippen molar-refractivity contribution in [1.29, 1.82) is 0 Å². The highest BCUT2D eigenvalue weighted by molar-refractivity contribution is 8.00. The summed E-state index contributed by atoms with van der Waals surface area (Å²) < 4.78 is 0. The number of amides is 1. The third-order valence-electron chi connectivity index (χ3n) is 3.03. The average molecular weight is 321 g/mol. The van der Waals surface area contributed by atoms with Gasteiger partial charge in [0.15, 0.2) is 0 Å². The lowest BCUT2D eigenvalue weighted by Gasteiger charge is -2.16. The number of carbonyl (C=O) groups is 1. The Morgan fingerprint density at radius 3 is 2.67 bits per heavy atom. The van der Waals surface area contributed by atoms with Gasteiger partial charge in [-0.3, -0.25) is 9.78 Å². The molecule has 0 unspecified atom stereocenters. The molecule has 0 saturated heterocycles. The number of halogens is 1. The first-order valence-electron chi connectivity index (χ1n) is 6.67. The molecule has 0 bridgehead atoms. The fraction of sp³-hybridized carbons (Fsp3) is 0.250. The first-order valence-corrected chi connectivity index (χ1v) is 8.04. The number of likely N-dealkylation sites (N-methyl/N-ethyl adjacent to an activating group) is 1. The Bertz CT molecular complexity index is 575. The number of thioether (sulfide) groups is 1. The zero-order valence-electron chi connectivity index (χ0n) is 11.8. The molecular formula is C16H17ClN2OS. The number of nitrogens with zero attached hydrogens (tertiary/aromatic N) is 2. The van der Waals surface area contributed by atoms with E-state index in [4.69, 9.17) is 11.6 Å². The van der Waals surface area contributed by atoms with Crippen LogP contribution in [0.2, 0.25) is 5.02 Å². The summed E-state index contributed by atoms with van der Waals surface area (Å²) in [6, 6.07) is 13.3. The molecule has 1 heterocycles. The Morgan fingerprint density at radius 1 is 1.24 bits per heavy atom. The molecule has 0 radical (unpaired) electrons. The van der Waals surface area contributed by atoms with Crippen LogP contribution in [0.5, 0.6) is 0 Å². The predicted molar refractivity (Wildman–Crippen MR) is 87.8 cm³/mol. The second-order valence-electron chi connectivity index (χ2n) is 4.63. The summed E-state index contributed by atoms with van der Waals surface area (Å²) in [6.07, 6.45) is 2.54. The molecule has 2 aromatic rings. The van der Waals surface area contributed by atoms with E-state index in [2.05, 4.69) is 4.98 Å². The molecule has 21 heavy (non-hydrogen) atoms. The van der Waals surface area contributed by atoms with Gasteiger partial charge in [0.2, 0.25) is 5.91 Å². The Balaban J connectivity index is 1.76. The van der Waals surface area contributed by atoms with Gasteiger partial charge in [-0.05, 0) is 36.4 Å². The van der Waals surface area contributed by atoms with Crippen LogP contribution in [0.4, 0.5) is 0 Å². The Labute approximate surface area is 134 Å². The molecule has 0 aliphatic rings. The van der Waals surface area contributed by atoms with Crippen LogP contribution >= 0.6 is 23.4 Å². The molecule has 0 spiro atoms. The van der Waals surface area contributed by atoms with Gasteiger partial charge in [0.25, 0.3) is 0 Å². The molecule has 5 heteroatoms. The summed E-state index contributed by atoms with van der Waals surface area (Å²) in [5.41, 5.74) is 1.00. The SMILES string of the molecule is CN(CCc1ccccn1)C(=O)CSc1ccc(Cl)cc1. The standard InChI is InChI=1S/C16H17ClN2OS/c1-19(11-9-14-4-2-3-10-18-14)16(20)12-21-15-7-5-13(17)6-8-15/h2-8,10H,9,11-12H2,1H3. The molecule has 0 aliphatic heterocycles. The lowest BCUT2D eigenvalue weighted by molar-refractivity contribution is -0.127. The third-order valence-corrected chi connectivity index (χ3v) is 4.28. The summed E-state index contributed by atoms with van der Waals surface area (Å²) in [6.45, 7) is 0.678. The lowest BCUT2D eigenvalue weighted by Crippen LogP contribution is -2.30. The average Bonchev–Trinajstić information content (AvgIpc) is 2.52. The monoisotopic (exact) mass is 320 g/mol. The second-order valence-corrected chi connectivity index (χ2v) is 6.11. The van der Waals surface area contributed by atoms with E-state index in [0.29, 0.717) is 17.3 Å². The van der Waals surface area contributed by atoms with Crippen molar-refractivity contribution in [3.8, 4) is 0 Å². The van der Waals surface area contributed by atoms with Crippen molar-refractivity contribution >= 4 is 29.3 Å². The highest BCUT2D eigenvalue weighted by Crippen LogP contribution is 2.20. The van der Waals surface area contributed by atoms with Gasteiger partial charge in [-0.15, -0.1) is 11.8 Å². The van der Waals surface area contributed by atoms with Gasteiger partial charge in [-0.25, -0.2) is 0 Å². The minimum absolute atomic E-state index is 0.117. The van der Waals surface area contributed by atoms with Crippen LogP contribution in [0.25, 0.3) is 0 Å². The largest absolute Gasteiger partial charge is 0.345 e. The number of carbonyl (C=O) groups excluding carboxylic acids is 1. The molecule has 1 aromatic heterocycles. The fourth-order valence-electron chi connectivity index (χ4n) is 1.74. The van der Waals surface area contributed by atoms with Crippen molar-refractivity contribution in [2.45, 2.75) is 11.3 Å². The summed E-state index contributed by atoms with van der Waals surface area (Å²) in [5.74, 6) is 0.547. The highest BCUT2D eigenvalue weighted by Gasteiger charge is 2.09. The number of benzene rings is 1. The molecule has 3 nitrogen and oxygen atoms in total. The lowest BCUT2D eigenvalue weighted by atomic mass is 10.2. The predicted octanol–water partition coefficient (Wildman–Crippen LogP) is 3.53. The molecule has 1 amide bonds. The van der Waals surface area contributed by atoms with Crippen molar-refractivity contribution in [3.05, 3.63) is 59.4 Å². The molecule has 0 aliphatic carbocycles. The number of hydrogen-bond donors (Lipinski definition) is 0. The maximum atomic E-state index is 12.1. The zero-order chi connectivity index (χ0) is 15.1. The maximum Gasteiger partial charge on any atom is 0.232 e. The van der Waals surface area contributed by atoms with Crippen LogP contribution in [0.3, 0.4) is 0 Å². The van der Waals surface area contributed by atoms with Crippen molar-refractivity contribution in [2.24, 2.45) is 0 Å². The summed E-state index contributed by atoms with van der Waals surface area (Å²) in [7, 11) is 1.83. The van der Waals surface area contributed by atoms with E-state index in [1.165, 1.54) is 11.8 Å². The van der Waals surface area contributed by atoms with Crippen LogP contribution in [0.1, 0.15) is 5.69 Å². The number of rotatable bonds is 6. The molecule has 0 N–H and O–H groups in total. The van der Waals surface area contributed by atoms with Crippen LogP contribution in [-0.2, 0) is 11.2 Å². The van der Waals surface area contributed by atoms with E-state index < -0.39 is 0 Å². The summed E-state index contributed by atoms with van der Waals surface area (Å²) in [5, 5.41) is 0.707. The molecule has 0 saturated carbocycles. The third kappa shape index (κ3) is 5.40. The number of hydrogen-bond acceptors (Lipinski definition) is 3. The second kappa shape index (κ2) is 8.05. The minimum Gasteiger partial charge on any atom is -0.345 e. The van der Waals surface area contributed by atoms with Crippen molar-refractivity contribution in [1.82, 2.24) is 9.88 Å². The normalized spacial score (nSPS) is 10.4. The molecule has 0 fully saturated rings. The van der Waals surface area contributed by atoms with Crippen LogP contribution in [0.15, 0.2) is 53.6 Å². The van der Waals surface area contributed by atoms with Crippen LogP contribution in [-0.4, -0.2) is 35.1 Å². The van der Waals surface area contributed by atoms with Crippen LogP contribution in [0, 0.1) is 0 Å². The van der Waals surface area contributed by atoms with Gasteiger partial charge >= 0.3 is 0 Å². The van der Waals surface area contributed by atoms with E-state index in [9.17, 15) is 4.79 Å². The summed E-state index contributed by atoms with van der Waals surface area (Å²) in [4.78, 5) is 19.1. The quantitative estimate of drug-likeness (QED) is 0.763. The molecule has 1 aromatic carbocycles. The Kier molecular flexibility index (Phi) is 6.08. The Morgan fingerprint density at radius 2 is 2.00 bits per heavy atom. The van der Waals surface area contributed by atoms with E-state index in [0.717, 1.165) is 17.0 Å². The molecular weight excluding hydrogens is 304 g/mol. The van der Waals surface area contributed by atoms with E-state index in [1.54, 1.807) is 11.1 Å². The van der Waals surface area contributed by atoms with Gasteiger partial charge in [0, 0.05) is 41.8 Å². The molecule has 0 atom stereocenters.